The van der Waals surface area contributed by atoms with Gasteiger partial charge in [0.15, 0.2) is 0 Å². The molecule has 0 aromatic rings. The van der Waals surface area contributed by atoms with E-state index in [1.807, 2.05) is 0 Å². The molecule has 0 saturated heterocycles. The van der Waals surface area contributed by atoms with Crippen LogP contribution >= 0.6 is 0 Å². The number of nitrogens with one attached hydrogen (secondary N) is 1. The smallest absolute Gasteiger partial charge is 0.0448 e. The molecule has 0 aromatic carbocycles. The number of hydrogen-bond donors (Lipinski definition) is 2. The van der Waals surface area contributed by atoms with E-state index in [2.05, 4.69) is 33.0 Å². The van der Waals surface area contributed by atoms with E-state index in [0.29, 0.717) is 5.92 Å². The lowest BCUT2D eigenvalue weighted by molar-refractivity contribution is 0.200. The molecule has 2 nitrogen and oxygen atoms in total. The molecular weight excluding hydrogens is 150 g/mol. The summed E-state index contributed by atoms with van der Waals surface area (Å²) < 4.78 is 0. The number of aliphatic hydroxyl groups is 1. The maximum absolute atomic E-state index is 8.90. The zero-order chi connectivity index (χ0) is 9.61. The Hall–Kier alpha value is -0.0800. The van der Waals surface area contributed by atoms with Crippen molar-refractivity contribution in [2.75, 3.05) is 13.2 Å². The minimum atomic E-state index is 0.123. The highest BCUT2D eigenvalue weighted by molar-refractivity contribution is 4.83. The second-order valence-electron chi connectivity index (χ2n) is 4.16. The molecule has 12 heavy (non-hydrogen) atoms. The first-order chi connectivity index (χ1) is 5.54. The van der Waals surface area contributed by atoms with Crippen molar-refractivity contribution in [1.82, 2.24) is 5.32 Å². The Morgan fingerprint density at radius 2 is 2.00 bits per heavy atom. The molecule has 0 radical (unpaired) electrons. The van der Waals surface area contributed by atoms with Crippen molar-refractivity contribution in [3.63, 3.8) is 0 Å². The molecule has 0 bridgehead atoms. The summed E-state index contributed by atoms with van der Waals surface area (Å²) in [5.41, 5.74) is 0.123. The van der Waals surface area contributed by atoms with Crippen LogP contribution in [0.1, 0.15) is 40.5 Å². The second kappa shape index (κ2) is 5.55. The molecule has 74 valence electrons. The highest BCUT2D eigenvalue weighted by atomic mass is 16.3. The van der Waals surface area contributed by atoms with E-state index in [-0.39, 0.29) is 12.1 Å². The van der Waals surface area contributed by atoms with Crippen molar-refractivity contribution in [1.29, 1.82) is 0 Å². The molecular formula is C10H23NO. The maximum Gasteiger partial charge on any atom is 0.0448 e. The van der Waals surface area contributed by atoms with E-state index in [1.165, 1.54) is 0 Å². The van der Waals surface area contributed by atoms with Gasteiger partial charge in [-0.3, -0.25) is 0 Å². The van der Waals surface area contributed by atoms with Crippen molar-refractivity contribution in [3.8, 4) is 0 Å². The number of aliphatic hydroxyl groups excluding tert-OH is 1. The van der Waals surface area contributed by atoms with Crippen LogP contribution in [0.5, 0.6) is 0 Å². The molecule has 0 rings (SSSR count). The van der Waals surface area contributed by atoms with Gasteiger partial charge in [0.1, 0.15) is 0 Å². The Balaban J connectivity index is 3.98. The van der Waals surface area contributed by atoms with Crippen LogP contribution in [0.3, 0.4) is 0 Å². The predicted molar refractivity (Wildman–Crippen MR) is 53.2 cm³/mol. The van der Waals surface area contributed by atoms with Gasteiger partial charge >= 0.3 is 0 Å². The van der Waals surface area contributed by atoms with Gasteiger partial charge in [-0.15, -0.1) is 0 Å². The summed E-state index contributed by atoms with van der Waals surface area (Å²) >= 11 is 0. The Labute approximate surface area is 76.4 Å². The van der Waals surface area contributed by atoms with E-state index in [0.717, 1.165) is 19.4 Å². The molecule has 0 aliphatic heterocycles. The molecule has 1 atom stereocenters. The van der Waals surface area contributed by atoms with Crippen molar-refractivity contribution < 1.29 is 5.11 Å². The van der Waals surface area contributed by atoms with Gasteiger partial charge in [-0.1, -0.05) is 20.8 Å². The Morgan fingerprint density at radius 1 is 1.42 bits per heavy atom. The zero-order valence-corrected chi connectivity index (χ0v) is 8.85. The van der Waals surface area contributed by atoms with Crippen LogP contribution in [0.25, 0.3) is 0 Å². The minimum Gasteiger partial charge on any atom is -0.396 e. The van der Waals surface area contributed by atoms with Gasteiger partial charge in [0.05, 0.1) is 0 Å². The Bertz CT molecular complexity index is 106. The lowest BCUT2D eigenvalue weighted by Gasteiger charge is -2.31. The average molecular weight is 173 g/mol. The highest BCUT2D eigenvalue weighted by Crippen LogP contribution is 2.19. The van der Waals surface area contributed by atoms with Crippen molar-refractivity contribution >= 4 is 0 Å². The van der Waals surface area contributed by atoms with E-state index in [9.17, 15) is 0 Å². The lowest BCUT2D eigenvalue weighted by atomic mass is 9.88. The third kappa shape index (κ3) is 4.73. The topological polar surface area (TPSA) is 32.3 Å². The fourth-order valence-electron chi connectivity index (χ4n) is 1.84. The van der Waals surface area contributed by atoms with Gasteiger partial charge in [-0.05, 0) is 32.2 Å². The molecule has 0 spiro atoms. The molecule has 2 heteroatoms. The molecule has 2 N–H and O–H groups in total. The van der Waals surface area contributed by atoms with Crippen LogP contribution in [0.2, 0.25) is 0 Å². The van der Waals surface area contributed by atoms with Gasteiger partial charge in [0.25, 0.3) is 0 Å². The summed E-state index contributed by atoms with van der Waals surface area (Å²) in [6, 6.07) is 0. The van der Waals surface area contributed by atoms with E-state index >= 15 is 0 Å². The summed E-state index contributed by atoms with van der Waals surface area (Å²) in [4.78, 5) is 0. The molecule has 0 saturated carbocycles. The standard InChI is InChI=1S/C10H23NO/c1-5-11-10(4,6-7-12)8-9(2)3/h9,11-12H,5-8H2,1-4H3. The summed E-state index contributed by atoms with van der Waals surface area (Å²) in [6.45, 7) is 9.97. The first-order valence-corrected chi connectivity index (χ1v) is 4.90. The fraction of sp³-hybridized carbons (Fsp3) is 1.00. The molecule has 0 aromatic heterocycles. The third-order valence-electron chi connectivity index (χ3n) is 2.13. The number of rotatable bonds is 6. The molecule has 0 fully saturated rings. The summed E-state index contributed by atoms with van der Waals surface area (Å²) in [6.07, 6.45) is 1.97. The Kier molecular flexibility index (Phi) is 5.51. The van der Waals surface area contributed by atoms with Gasteiger partial charge < -0.3 is 10.4 Å². The van der Waals surface area contributed by atoms with Crippen molar-refractivity contribution in [3.05, 3.63) is 0 Å². The van der Waals surface area contributed by atoms with Crippen LogP contribution in [-0.4, -0.2) is 23.8 Å². The fourth-order valence-corrected chi connectivity index (χ4v) is 1.84. The SMILES string of the molecule is CCNC(C)(CCO)CC(C)C. The van der Waals surface area contributed by atoms with Crippen LogP contribution in [0, 0.1) is 5.92 Å². The van der Waals surface area contributed by atoms with E-state index in [4.69, 9.17) is 5.11 Å². The van der Waals surface area contributed by atoms with Crippen molar-refractivity contribution in [2.24, 2.45) is 5.92 Å². The lowest BCUT2D eigenvalue weighted by Crippen LogP contribution is -2.44. The van der Waals surface area contributed by atoms with Gasteiger partial charge in [-0.2, -0.15) is 0 Å². The second-order valence-corrected chi connectivity index (χ2v) is 4.16. The van der Waals surface area contributed by atoms with Crippen LogP contribution in [-0.2, 0) is 0 Å². The normalized spacial score (nSPS) is 16.5. The molecule has 0 amide bonds. The zero-order valence-electron chi connectivity index (χ0n) is 8.85. The first-order valence-electron chi connectivity index (χ1n) is 4.90. The van der Waals surface area contributed by atoms with Gasteiger partial charge in [0, 0.05) is 12.1 Å². The minimum absolute atomic E-state index is 0.123. The highest BCUT2D eigenvalue weighted by Gasteiger charge is 2.22. The molecule has 1 unspecified atom stereocenters. The van der Waals surface area contributed by atoms with Crippen LogP contribution in [0.4, 0.5) is 0 Å². The summed E-state index contributed by atoms with van der Waals surface area (Å²) in [5.74, 6) is 0.681. The van der Waals surface area contributed by atoms with Gasteiger partial charge in [-0.25, -0.2) is 0 Å². The number of hydrogen-bond acceptors (Lipinski definition) is 2. The maximum atomic E-state index is 8.90. The molecule has 0 aliphatic carbocycles. The summed E-state index contributed by atoms with van der Waals surface area (Å²) in [7, 11) is 0. The predicted octanol–water partition coefficient (Wildman–Crippen LogP) is 1.78. The summed E-state index contributed by atoms with van der Waals surface area (Å²) in [5, 5.41) is 12.3. The third-order valence-corrected chi connectivity index (χ3v) is 2.13. The van der Waals surface area contributed by atoms with E-state index in [1.54, 1.807) is 0 Å². The van der Waals surface area contributed by atoms with Crippen LogP contribution < -0.4 is 5.32 Å². The van der Waals surface area contributed by atoms with Gasteiger partial charge in [0.2, 0.25) is 0 Å². The quantitative estimate of drug-likeness (QED) is 0.642. The monoisotopic (exact) mass is 173 g/mol. The van der Waals surface area contributed by atoms with Crippen LogP contribution in [0.15, 0.2) is 0 Å². The average Bonchev–Trinajstić information content (AvgIpc) is 1.85. The van der Waals surface area contributed by atoms with E-state index < -0.39 is 0 Å². The molecule has 0 heterocycles. The first kappa shape index (κ1) is 11.9. The largest absolute Gasteiger partial charge is 0.396 e. The van der Waals surface area contributed by atoms with Crippen molar-refractivity contribution in [2.45, 2.75) is 46.1 Å². The molecule has 0 aliphatic rings. The Morgan fingerprint density at radius 3 is 2.33 bits per heavy atom.